The lowest BCUT2D eigenvalue weighted by Crippen LogP contribution is -2.31. The number of hydrogen-bond donors (Lipinski definition) is 2. The fourth-order valence-corrected chi connectivity index (χ4v) is 3.24. The average molecular weight is 382 g/mol. The number of hydrogen-bond acceptors (Lipinski definition) is 5. The summed E-state index contributed by atoms with van der Waals surface area (Å²) in [5, 5.41) is 5.69. The first-order valence-corrected chi connectivity index (χ1v) is 9.40. The highest BCUT2D eigenvalue weighted by molar-refractivity contribution is 6.06. The smallest absolute Gasteiger partial charge is 0.255 e. The van der Waals surface area contributed by atoms with Crippen LogP contribution < -0.4 is 20.1 Å². The molecule has 2 aliphatic rings. The molecule has 0 saturated carbocycles. The number of benzene rings is 2. The molecular formula is C21H22N2O5. The van der Waals surface area contributed by atoms with Crippen LogP contribution in [0.5, 0.6) is 11.5 Å². The topological polar surface area (TPSA) is 85.9 Å². The van der Waals surface area contributed by atoms with Crippen molar-refractivity contribution in [2.45, 2.75) is 18.9 Å². The third kappa shape index (κ3) is 4.26. The number of nitrogens with one attached hydrogen (secondary N) is 2. The van der Waals surface area contributed by atoms with Crippen molar-refractivity contribution in [1.82, 2.24) is 5.32 Å². The Morgan fingerprint density at radius 1 is 0.929 bits per heavy atom. The van der Waals surface area contributed by atoms with E-state index >= 15 is 0 Å². The molecule has 0 radical (unpaired) electrons. The highest BCUT2D eigenvalue weighted by Crippen LogP contribution is 2.32. The van der Waals surface area contributed by atoms with Crippen LogP contribution in [0.15, 0.2) is 42.5 Å². The van der Waals surface area contributed by atoms with Crippen molar-refractivity contribution in [3.05, 3.63) is 53.6 Å². The minimum Gasteiger partial charge on any atom is -0.486 e. The molecule has 4 rings (SSSR count). The SMILES string of the molecule is O=C(NCC1CCCO1)c1cccc(C(=O)Nc2ccc3c(c2)OCCO3)c1. The number of anilines is 1. The molecule has 0 aromatic heterocycles. The molecule has 0 spiro atoms. The van der Waals surface area contributed by atoms with E-state index in [-0.39, 0.29) is 17.9 Å². The van der Waals surface area contributed by atoms with E-state index in [1.807, 2.05) is 0 Å². The summed E-state index contributed by atoms with van der Waals surface area (Å²) in [6.07, 6.45) is 2.06. The molecule has 0 aliphatic carbocycles. The van der Waals surface area contributed by atoms with Crippen molar-refractivity contribution in [3.63, 3.8) is 0 Å². The van der Waals surface area contributed by atoms with Gasteiger partial charge in [0.15, 0.2) is 11.5 Å². The second-order valence-corrected chi connectivity index (χ2v) is 6.74. The molecule has 7 heteroatoms. The summed E-state index contributed by atoms with van der Waals surface area (Å²) in [6.45, 7) is 2.22. The quantitative estimate of drug-likeness (QED) is 0.830. The number of amides is 2. The summed E-state index contributed by atoms with van der Waals surface area (Å²) in [7, 11) is 0. The molecule has 2 heterocycles. The van der Waals surface area contributed by atoms with E-state index in [2.05, 4.69) is 10.6 Å². The van der Waals surface area contributed by atoms with Crippen LogP contribution in [-0.4, -0.2) is 44.3 Å². The highest BCUT2D eigenvalue weighted by Gasteiger charge is 2.18. The Bertz CT molecular complexity index is 877. The molecule has 2 amide bonds. The summed E-state index contributed by atoms with van der Waals surface area (Å²) >= 11 is 0. The normalized spacial score (nSPS) is 17.8. The van der Waals surface area contributed by atoms with Crippen molar-refractivity contribution < 1.29 is 23.8 Å². The van der Waals surface area contributed by atoms with Gasteiger partial charge in [-0.3, -0.25) is 9.59 Å². The third-order valence-corrected chi connectivity index (χ3v) is 4.70. The maximum absolute atomic E-state index is 12.6. The van der Waals surface area contributed by atoms with Gasteiger partial charge >= 0.3 is 0 Å². The van der Waals surface area contributed by atoms with E-state index < -0.39 is 0 Å². The van der Waals surface area contributed by atoms with Crippen LogP contribution in [-0.2, 0) is 4.74 Å². The molecule has 7 nitrogen and oxygen atoms in total. The van der Waals surface area contributed by atoms with Crippen molar-refractivity contribution in [2.24, 2.45) is 0 Å². The van der Waals surface area contributed by atoms with Crippen LogP contribution in [0.25, 0.3) is 0 Å². The maximum atomic E-state index is 12.6. The first-order chi connectivity index (χ1) is 13.7. The molecule has 2 N–H and O–H groups in total. The van der Waals surface area contributed by atoms with Gasteiger partial charge in [0, 0.05) is 36.0 Å². The molecule has 146 valence electrons. The van der Waals surface area contributed by atoms with Crippen LogP contribution in [0, 0.1) is 0 Å². The third-order valence-electron chi connectivity index (χ3n) is 4.70. The van der Waals surface area contributed by atoms with Gasteiger partial charge in [-0.2, -0.15) is 0 Å². The van der Waals surface area contributed by atoms with Crippen LogP contribution >= 0.6 is 0 Å². The Hall–Kier alpha value is -3.06. The van der Waals surface area contributed by atoms with E-state index in [1.54, 1.807) is 42.5 Å². The van der Waals surface area contributed by atoms with Crippen molar-refractivity contribution in [2.75, 3.05) is 31.7 Å². The molecule has 2 aromatic rings. The molecular weight excluding hydrogens is 360 g/mol. The van der Waals surface area contributed by atoms with Gasteiger partial charge in [0.2, 0.25) is 0 Å². The summed E-state index contributed by atoms with van der Waals surface area (Å²) < 4.78 is 16.5. The summed E-state index contributed by atoms with van der Waals surface area (Å²) in [6, 6.07) is 11.9. The molecule has 1 unspecified atom stereocenters. The summed E-state index contributed by atoms with van der Waals surface area (Å²) in [5.74, 6) is 0.746. The zero-order chi connectivity index (χ0) is 19.3. The zero-order valence-electron chi connectivity index (χ0n) is 15.4. The number of ether oxygens (including phenoxy) is 3. The number of fused-ring (bicyclic) bond motifs is 1. The van der Waals surface area contributed by atoms with Gasteiger partial charge in [-0.1, -0.05) is 6.07 Å². The highest BCUT2D eigenvalue weighted by atomic mass is 16.6. The van der Waals surface area contributed by atoms with Crippen LogP contribution in [0.1, 0.15) is 33.6 Å². The Morgan fingerprint density at radius 2 is 1.71 bits per heavy atom. The predicted molar refractivity (Wildman–Crippen MR) is 103 cm³/mol. The molecule has 0 bridgehead atoms. The van der Waals surface area contributed by atoms with Crippen molar-refractivity contribution in [3.8, 4) is 11.5 Å². The maximum Gasteiger partial charge on any atom is 0.255 e. The van der Waals surface area contributed by atoms with E-state index in [0.717, 1.165) is 19.4 Å². The largest absolute Gasteiger partial charge is 0.486 e. The van der Waals surface area contributed by atoms with Gasteiger partial charge in [-0.05, 0) is 43.2 Å². The van der Waals surface area contributed by atoms with E-state index in [4.69, 9.17) is 14.2 Å². The van der Waals surface area contributed by atoms with Gasteiger partial charge < -0.3 is 24.8 Å². The molecule has 1 fully saturated rings. The fourth-order valence-electron chi connectivity index (χ4n) is 3.24. The minimum absolute atomic E-state index is 0.0747. The van der Waals surface area contributed by atoms with Crippen LogP contribution in [0.3, 0.4) is 0 Å². The number of rotatable bonds is 5. The predicted octanol–water partition coefficient (Wildman–Crippen LogP) is 2.62. The second-order valence-electron chi connectivity index (χ2n) is 6.74. The Kier molecular flexibility index (Phi) is 5.43. The lowest BCUT2D eigenvalue weighted by Gasteiger charge is -2.19. The molecule has 1 atom stereocenters. The standard InChI is InChI=1S/C21H22N2O5/c24-20(22-13-17-5-2-8-26-17)14-3-1-4-15(11-14)21(25)23-16-6-7-18-19(12-16)28-10-9-27-18/h1,3-4,6-7,11-12,17H,2,5,8-10,13H2,(H,22,24)(H,23,25). The number of carbonyl (C=O) groups excluding carboxylic acids is 2. The van der Waals surface area contributed by atoms with Gasteiger partial charge in [0.25, 0.3) is 11.8 Å². The number of carbonyl (C=O) groups is 2. The fraction of sp³-hybridized carbons (Fsp3) is 0.333. The molecule has 1 saturated heterocycles. The average Bonchev–Trinajstić information content (AvgIpc) is 3.25. The minimum atomic E-state index is -0.301. The zero-order valence-corrected chi connectivity index (χ0v) is 15.4. The summed E-state index contributed by atoms with van der Waals surface area (Å²) in [4.78, 5) is 25.0. The monoisotopic (exact) mass is 382 g/mol. The van der Waals surface area contributed by atoms with E-state index in [0.29, 0.717) is 48.1 Å². The Balaban J connectivity index is 1.40. The molecule has 2 aromatic carbocycles. The van der Waals surface area contributed by atoms with Gasteiger partial charge in [-0.25, -0.2) is 0 Å². The van der Waals surface area contributed by atoms with Crippen LogP contribution in [0.2, 0.25) is 0 Å². The Morgan fingerprint density at radius 3 is 2.50 bits per heavy atom. The summed E-state index contributed by atoms with van der Waals surface area (Å²) in [5.41, 5.74) is 1.44. The van der Waals surface area contributed by atoms with Gasteiger partial charge in [0.1, 0.15) is 13.2 Å². The Labute approximate surface area is 163 Å². The lowest BCUT2D eigenvalue weighted by atomic mass is 10.1. The lowest BCUT2D eigenvalue weighted by molar-refractivity contribution is 0.0858. The van der Waals surface area contributed by atoms with Crippen molar-refractivity contribution >= 4 is 17.5 Å². The van der Waals surface area contributed by atoms with E-state index in [9.17, 15) is 9.59 Å². The van der Waals surface area contributed by atoms with Crippen LogP contribution in [0.4, 0.5) is 5.69 Å². The van der Waals surface area contributed by atoms with E-state index in [1.165, 1.54) is 0 Å². The van der Waals surface area contributed by atoms with Crippen molar-refractivity contribution in [1.29, 1.82) is 0 Å². The first kappa shape index (κ1) is 18.3. The molecule has 28 heavy (non-hydrogen) atoms. The molecule has 2 aliphatic heterocycles. The van der Waals surface area contributed by atoms with Gasteiger partial charge in [-0.15, -0.1) is 0 Å². The second kappa shape index (κ2) is 8.31. The van der Waals surface area contributed by atoms with Gasteiger partial charge in [0.05, 0.1) is 6.10 Å². The first-order valence-electron chi connectivity index (χ1n) is 9.40.